The number of hydrogen-bond acceptors (Lipinski definition) is 3. The fraction of sp³-hybridized carbons (Fsp3) is 0.0667. The summed E-state index contributed by atoms with van der Waals surface area (Å²) in [4.78, 5) is 3.97. The van der Waals surface area contributed by atoms with E-state index in [4.69, 9.17) is 0 Å². The molecule has 3 aromatic rings. The first-order valence-electron chi connectivity index (χ1n) is 6.08. The summed E-state index contributed by atoms with van der Waals surface area (Å²) >= 11 is 0. The van der Waals surface area contributed by atoms with Gasteiger partial charge < -0.3 is 5.11 Å². The van der Waals surface area contributed by atoms with Gasteiger partial charge in [-0.1, -0.05) is 0 Å². The van der Waals surface area contributed by atoms with Crippen LogP contribution in [0.2, 0.25) is 0 Å². The third kappa shape index (κ3) is 2.14. The first-order chi connectivity index (χ1) is 9.65. The summed E-state index contributed by atoms with van der Waals surface area (Å²) < 4.78 is 15.7. The predicted octanol–water partition coefficient (Wildman–Crippen LogP) is 2.99. The molecule has 0 spiro atoms. The molecule has 3 rings (SSSR count). The zero-order chi connectivity index (χ0) is 14.1. The first-order valence-corrected chi connectivity index (χ1v) is 6.08. The van der Waals surface area contributed by atoms with E-state index in [9.17, 15) is 9.50 Å². The molecule has 0 aliphatic heterocycles. The van der Waals surface area contributed by atoms with Crippen molar-refractivity contribution in [2.45, 2.75) is 0 Å². The molecule has 5 heteroatoms. The fourth-order valence-corrected chi connectivity index (χ4v) is 2.13. The van der Waals surface area contributed by atoms with Crippen LogP contribution in [0.4, 0.5) is 4.39 Å². The fourth-order valence-electron chi connectivity index (χ4n) is 2.13. The lowest BCUT2D eigenvalue weighted by Crippen LogP contribution is -1.90. The van der Waals surface area contributed by atoms with Gasteiger partial charge in [0.1, 0.15) is 17.3 Å². The van der Waals surface area contributed by atoms with Crippen molar-refractivity contribution < 1.29 is 9.50 Å². The van der Waals surface area contributed by atoms with Crippen molar-refractivity contribution in [3.8, 4) is 28.1 Å². The Labute approximate surface area is 115 Å². The molecule has 0 atom stereocenters. The molecular formula is C15H12FN3O. The van der Waals surface area contributed by atoms with E-state index in [0.717, 1.165) is 17.2 Å². The second-order valence-electron chi connectivity index (χ2n) is 4.47. The van der Waals surface area contributed by atoms with E-state index in [1.165, 1.54) is 12.1 Å². The van der Waals surface area contributed by atoms with Gasteiger partial charge in [-0.25, -0.2) is 4.39 Å². The number of aryl methyl sites for hydroxylation is 1. The molecule has 0 fully saturated rings. The van der Waals surface area contributed by atoms with Gasteiger partial charge in [0.2, 0.25) is 0 Å². The molecule has 0 bridgehead atoms. The van der Waals surface area contributed by atoms with E-state index in [-0.39, 0.29) is 5.75 Å². The van der Waals surface area contributed by atoms with Crippen molar-refractivity contribution in [2.24, 2.45) is 7.05 Å². The number of halogens is 1. The van der Waals surface area contributed by atoms with Crippen LogP contribution in [0, 0.1) is 5.82 Å². The van der Waals surface area contributed by atoms with Crippen LogP contribution in [0.1, 0.15) is 0 Å². The highest BCUT2D eigenvalue weighted by atomic mass is 19.1. The maximum atomic E-state index is 14.0. The molecule has 20 heavy (non-hydrogen) atoms. The number of phenolic OH excluding ortho intramolecular Hbond substituents is 1. The molecule has 2 heterocycles. The molecule has 2 aromatic heterocycles. The topological polar surface area (TPSA) is 50.9 Å². The number of hydrogen-bond donors (Lipinski definition) is 1. The minimum Gasteiger partial charge on any atom is -0.508 e. The van der Waals surface area contributed by atoms with E-state index in [1.54, 1.807) is 24.1 Å². The molecule has 4 nitrogen and oxygen atoms in total. The first kappa shape index (κ1) is 12.3. The van der Waals surface area contributed by atoms with E-state index in [0.29, 0.717) is 11.3 Å². The summed E-state index contributed by atoms with van der Waals surface area (Å²) in [7, 11) is 1.78. The summed E-state index contributed by atoms with van der Waals surface area (Å²) in [6.07, 6.45) is 5.19. The molecule has 1 N–H and O–H groups in total. The quantitative estimate of drug-likeness (QED) is 0.778. The van der Waals surface area contributed by atoms with Gasteiger partial charge in [0.25, 0.3) is 0 Å². The number of benzene rings is 1. The van der Waals surface area contributed by atoms with Crippen LogP contribution < -0.4 is 0 Å². The zero-order valence-corrected chi connectivity index (χ0v) is 10.8. The maximum Gasteiger partial charge on any atom is 0.136 e. The average molecular weight is 269 g/mol. The van der Waals surface area contributed by atoms with Gasteiger partial charge in [-0.3, -0.25) is 9.67 Å². The predicted molar refractivity (Wildman–Crippen MR) is 73.5 cm³/mol. The number of rotatable bonds is 2. The van der Waals surface area contributed by atoms with Crippen molar-refractivity contribution in [2.75, 3.05) is 0 Å². The summed E-state index contributed by atoms with van der Waals surface area (Å²) in [6.45, 7) is 0. The van der Waals surface area contributed by atoms with Gasteiger partial charge in [-0.15, -0.1) is 0 Å². The number of aromatic nitrogens is 3. The Morgan fingerprint density at radius 1 is 1.10 bits per heavy atom. The zero-order valence-electron chi connectivity index (χ0n) is 10.8. The number of pyridine rings is 1. The van der Waals surface area contributed by atoms with E-state index in [1.807, 2.05) is 18.3 Å². The van der Waals surface area contributed by atoms with Crippen LogP contribution in [0.5, 0.6) is 5.75 Å². The summed E-state index contributed by atoms with van der Waals surface area (Å²) in [5.41, 5.74) is 2.63. The van der Waals surface area contributed by atoms with Gasteiger partial charge in [0, 0.05) is 42.8 Å². The minimum absolute atomic E-state index is 0.104. The van der Waals surface area contributed by atoms with Gasteiger partial charge in [-0.05, 0) is 29.8 Å². The van der Waals surface area contributed by atoms with Crippen molar-refractivity contribution in [1.29, 1.82) is 0 Å². The lowest BCUT2D eigenvalue weighted by Gasteiger charge is -2.04. The second kappa shape index (κ2) is 4.77. The van der Waals surface area contributed by atoms with Gasteiger partial charge >= 0.3 is 0 Å². The molecule has 0 saturated heterocycles. The van der Waals surface area contributed by atoms with Crippen LogP contribution in [0.25, 0.3) is 22.4 Å². The molecule has 0 radical (unpaired) electrons. The Balaban J connectivity index is 2.20. The van der Waals surface area contributed by atoms with Crippen molar-refractivity contribution in [3.63, 3.8) is 0 Å². The third-order valence-corrected chi connectivity index (χ3v) is 3.03. The minimum atomic E-state index is -0.501. The highest BCUT2D eigenvalue weighted by Crippen LogP contribution is 2.33. The Morgan fingerprint density at radius 3 is 2.55 bits per heavy atom. The summed E-state index contributed by atoms with van der Waals surface area (Å²) in [5, 5.41) is 13.6. The molecule has 0 amide bonds. The summed E-state index contributed by atoms with van der Waals surface area (Å²) in [6, 6.07) is 7.75. The lowest BCUT2D eigenvalue weighted by atomic mass is 10.0. The smallest absolute Gasteiger partial charge is 0.136 e. The third-order valence-electron chi connectivity index (χ3n) is 3.03. The Hall–Kier alpha value is -2.69. The lowest BCUT2D eigenvalue weighted by molar-refractivity contribution is 0.469. The van der Waals surface area contributed by atoms with Gasteiger partial charge in [-0.2, -0.15) is 5.10 Å². The van der Waals surface area contributed by atoms with Gasteiger partial charge in [0.05, 0.1) is 0 Å². The number of aromatic hydroxyl groups is 1. The van der Waals surface area contributed by atoms with Crippen molar-refractivity contribution in [3.05, 3.63) is 54.7 Å². The summed E-state index contributed by atoms with van der Waals surface area (Å²) in [5.74, 6) is -0.605. The van der Waals surface area contributed by atoms with E-state index in [2.05, 4.69) is 10.1 Å². The van der Waals surface area contributed by atoms with Crippen LogP contribution in [0.3, 0.4) is 0 Å². The normalized spacial score (nSPS) is 10.7. The molecule has 100 valence electrons. The van der Waals surface area contributed by atoms with Crippen LogP contribution in [-0.2, 0) is 7.05 Å². The average Bonchev–Trinajstić information content (AvgIpc) is 2.81. The molecule has 0 saturated carbocycles. The van der Waals surface area contributed by atoms with Gasteiger partial charge in [0.15, 0.2) is 0 Å². The molecule has 0 aliphatic carbocycles. The SMILES string of the molecule is Cn1cc(-c2ccncc2)c(-c2ccc(O)cc2F)n1. The Kier molecular flexibility index (Phi) is 2.95. The van der Waals surface area contributed by atoms with E-state index < -0.39 is 5.82 Å². The second-order valence-corrected chi connectivity index (χ2v) is 4.47. The molecular weight excluding hydrogens is 257 g/mol. The monoisotopic (exact) mass is 269 g/mol. The number of nitrogens with zero attached hydrogens (tertiary/aromatic N) is 3. The van der Waals surface area contributed by atoms with Crippen LogP contribution in [-0.4, -0.2) is 19.9 Å². The Bertz CT molecular complexity index is 753. The highest BCUT2D eigenvalue weighted by Gasteiger charge is 2.15. The van der Waals surface area contributed by atoms with Crippen LogP contribution >= 0.6 is 0 Å². The highest BCUT2D eigenvalue weighted by molar-refractivity contribution is 5.80. The Morgan fingerprint density at radius 2 is 1.85 bits per heavy atom. The largest absolute Gasteiger partial charge is 0.508 e. The molecule has 0 unspecified atom stereocenters. The van der Waals surface area contributed by atoms with Crippen molar-refractivity contribution >= 4 is 0 Å². The molecule has 1 aromatic carbocycles. The maximum absolute atomic E-state index is 14.0. The van der Waals surface area contributed by atoms with E-state index >= 15 is 0 Å². The van der Waals surface area contributed by atoms with Crippen LogP contribution in [0.15, 0.2) is 48.9 Å². The molecule has 0 aliphatic rings. The van der Waals surface area contributed by atoms with Crippen molar-refractivity contribution in [1.82, 2.24) is 14.8 Å². The number of phenols is 1. The standard InChI is InChI=1S/C15H12FN3O/c1-19-9-13(10-4-6-17-7-5-10)15(18-19)12-3-2-11(20)8-14(12)16/h2-9,20H,1H3.